The minimum Gasteiger partial charge on any atom is -0.337 e. The number of hydrogen-bond acceptors (Lipinski definition) is 2. The van der Waals surface area contributed by atoms with Crippen molar-refractivity contribution in [2.24, 2.45) is 5.92 Å². The lowest BCUT2D eigenvalue weighted by Crippen LogP contribution is -2.15. The van der Waals surface area contributed by atoms with Crippen LogP contribution in [0.15, 0.2) is 175 Å². The Morgan fingerprint density at radius 2 is 1.53 bits per heavy atom. The van der Waals surface area contributed by atoms with Gasteiger partial charge in [-0.25, -0.2) is 4.98 Å². The number of aromatic nitrogens is 3. The van der Waals surface area contributed by atoms with Crippen molar-refractivity contribution in [3.63, 3.8) is 0 Å². The highest BCUT2D eigenvalue weighted by molar-refractivity contribution is 6.23. The molecule has 0 amide bonds. The summed E-state index contributed by atoms with van der Waals surface area (Å²) in [5.41, 5.74) is 17.7. The summed E-state index contributed by atoms with van der Waals surface area (Å²) in [4.78, 5) is 10.4. The van der Waals surface area contributed by atoms with Gasteiger partial charge in [-0.15, -0.1) is 6.58 Å². The molecule has 4 aliphatic carbocycles. The number of nitrogens with zero attached hydrogens (tertiary/aromatic N) is 3. The van der Waals surface area contributed by atoms with Gasteiger partial charge in [0, 0.05) is 33.3 Å². The molecule has 3 heteroatoms. The lowest BCUT2D eigenvalue weighted by atomic mass is 9.79. The molecule has 5 aromatic carbocycles. The average Bonchev–Trinajstić information content (AvgIpc) is 3.57. The Kier molecular flexibility index (Phi) is 8.43. The number of aryl methyl sites for hydroxylation is 1. The predicted molar refractivity (Wildman–Crippen MR) is 245 cm³/mol. The highest BCUT2D eigenvalue weighted by Gasteiger charge is 2.24. The Morgan fingerprint density at radius 3 is 2.36 bits per heavy atom. The SMILES string of the molecule is C=CCCc1c(C)n(C2C=Cc3cc(C4=CC5CC=C(C6=CCCC(c7cnc8c9ccccc9c9ccccc9c8n7)=C6)C=C5C=C4)ccc3C2)c2ccccc12. The van der Waals surface area contributed by atoms with E-state index in [0.717, 1.165) is 66.0 Å². The second kappa shape index (κ2) is 14.1. The zero-order valence-electron chi connectivity index (χ0n) is 33.0. The highest BCUT2D eigenvalue weighted by Crippen LogP contribution is 2.41. The van der Waals surface area contributed by atoms with Crippen molar-refractivity contribution in [1.29, 1.82) is 0 Å². The van der Waals surface area contributed by atoms with Crippen LogP contribution >= 0.6 is 0 Å². The summed E-state index contributed by atoms with van der Waals surface area (Å²) in [5, 5.41) is 6.14. The van der Waals surface area contributed by atoms with Crippen molar-refractivity contribution in [2.45, 2.75) is 51.5 Å². The molecule has 3 nitrogen and oxygen atoms in total. The molecule has 2 aromatic heterocycles. The van der Waals surface area contributed by atoms with E-state index in [9.17, 15) is 0 Å². The Labute approximate surface area is 340 Å². The maximum absolute atomic E-state index is 5.31. The van der Waals surface area contributed by atoms with Crippen LogP contribution in [0.4, 0.5) is 0 Å². The van der Waals surface area contributed by atoms with Crippen LogP contribution in [0.1, 0.15) is 65.4 Å². The molecule has 11 rings (SSSR count). The van der Waals surface area contributed by atoms with E-state index in [1.165, 1.54) is 77.5 Å². The number of benzene rings is 5. The number of fused-ring (bicyclic) bond motifs is 9. The lowest BCUT2D eigenvalue weighted by molar-refractivity contribution is 0.601. The molecule has 0 bridgehead atoms. The molecule has 0 aliphatic heterocycles. The van der Waals surface area contributed by atoms with Crippen LogP contribution in [0.3, 0.4) is 0 Å². The smallest absolute Gasteiger partial charge is 0.0979 e. The third-order valence-electron chi connectivity index (χ3n) is 13.0. The van der Waals surface area contributed by atoms with Crippen molar-refractivity contribution in [3.05, 3.63) is 209 Å². The normalized spacial score (nSPS) is 18.7. The largest absolute Gasteiger partial charge is 0.337 e. The first-order valence-corrected chi connectivity index (χ1v) is 20.9. The Morgan fingerprint density at radius 1 is 0.776 bits per heavy atom. The first kappa shape index (κ1) is 34.7. The zero-order valence-corrected chi connectivity index (χ0v) is 33.0. The van der Waals surface area contributed by atoms with Crippen LogP contribution in [-0.4, -0.2) is 14.5 Å². The molecule has 58 heavy (non-hydrogen) atoms. The molecule has 7 aromatic rings. The molecular weight excluding hydrogens is 703 g/mol. The van der Waals surface area contributed by atoms with Crippen molar-refractivity contribution in [2.75, 3.05) is 0 Å². The molecular formula is C55H45N3. The molecule has 0 radical (unpaired) electrons. The zero-order chi connectivity index (χ0) is 38.7. The minimum atomic E-state index is 0.303. The van der Waals surface area contributed by atoms with Crippen LogP contribution < -0.4 is 0 Å². The van der Waals surface area contributed by atoms with E-state index in [4.69, 9.17) is 9.97 Å². The Hall–Kier alpha value is -6.58. The number of rotatable bonds is 7. The maximum Gasteiger partial charge on any atom is 0.0979 e. The second-order valence-electron chi connectivity index (χ2n) is 16.3. The standard InChI is InChI=1S/C55H45N3/c1-3-4-14-46-35(2)58(53-20-10-9-17-49(46)53)45-28-27-42-31-41(25-26-43(42)33-45)40-24-23-38-29-37(21-22-39(38)30-40)36-12-11-13-44(32-36)52-34-56-54-50-18-7-5-15-47(50)48-16-6-8-19-51(48)55(54)57-52/h3,5-10,12,15-21,23-32,34,39,45H,1,4,11,13-14,22,33H2,2H3. The van der Waals surface area contributed by atoms with Crippen LogP contribution in [0.5, 0.6) is 0 Å². The second-order valence-corrected chi connectivity index (χ2v) is 16.3. The molecule has 2 heterocycles. The van der Waals surface area contributed by atoms with Crippen LogP contribution in [0.2, 0.25) is 0 Å². The van der Waals surface area contributed by atoms with Crippen LogP contribution in [0.25, 0.3) is 60.7 Å². The van der Waals surface area contributed by atoms with Crippen molar-refractivity contribution < 1.29 is 0 Å². The van der Waals surface area contributed by atoms with Gasteiger partial charge in [0.2, 0.25) is 0 Å². The van der Waals surface area contributed by atoms with Gasteiger partial charge in [-0.3, -0.25) is 4.98 Å². The summed E-state index contributed by atoms with van der Waals surface area (Å²) in [7, 11) is 0. The molecule has 0 spiro atoms. The van der Waals surface area contributed by atoms with Gasteiger partial charge < -0.3 is 4.57 Å². The third kappa shape index (κ3) is 5.79. The fourth-order valence-corrected chi connectivity index (χ4v) is 10.1. The molecule has 0 saturated heterocycles. The summed E-state index contributed by atoms with van der Waals surface area (Å²) < 4.78 is 2.56. The van der Waals surface area contributed by atoms with Gasteiger partial charge in [-0.05, 0) is 125 Å². The van der Waals surface area contributed by atoms with Gasteiger partial charge in [-0.1, -0.05) is 134 Å². The molecule has 280 valence electrons. The van der Waals surface area contributed by atoms with Crippen molar-refractivity contribution >= 4 is 60.7 Å². The molecule has 0 saturated carbocycles. The minimum absolute atomic E-state index is 0.303. The number of hydrogen-bond donors (Lipinski definition) is 0. The van der Waals surface area contributed by atoms with Gasteiger partial charge in [0.05, 0.1) is 29.0 Å². The van der Waals surface area contributed by atoms with Crippen molar-refractivity contribution in [3.8, 4) is 0 Å². The fourth-order valence-electron chi connectivity index (χ4n) is 10.1. The summed E-state index contributed by atoms with van der Waals surface area (Å²) in [6.45, 7) is 6.27. The summed E-state index contributed by atoms with van der Waals surface area (Å²) in [6.07, 6.45) is 31.5. The predicted octanol–water partition coefficient (Wildman–Crippen LogP) is 13.8. The number of para-hydroxylation sites is 1. The summed E-state index contributed by atoms with van der Waals surface area (Å²) in [6, 6.07) is 33.5. The average molecular weight is 748 g/mol. The van der Waals surface area contributed by atoms with Crippen LogP contribution in [0, 0.1) is 12.8 Å². The maximum atomic E-state index is 5.31. The first-order chi connectivity index (χ1) is 28.6. The van der Waals surface area contributed by atoms with E-state index in [2.05, 4.69) is 164 Å². The van der Waals surface area contributed by atoms with Crippen molar-refractivity contribution in [1.82, 2.24) is 14.5 Å². The van der Waals surface area contributed by atoms with E-state index >= 15 is 0 Å². The quantitative estimate of drug-likeness (QED) is 0.120. The van der Waals surface area contributed by atoms with E-state index in [0.29, 0.717) is 12.0 Å². The fraction of sp³-hybridized carbons (Fsp3) is 0.164. The van der Waals surface area contributed by atoms with E-state index < -0.39 is 0 Å². The lowest BCUT2D eigenvalue weighted by Gasteiger charge is -2.26. The van der Waals surface area contributed by atoms with E-state index in [1.807, 2.05) is 12.3 Å². The molecule has 0 fully saturated rings. The Balaban J connectivity index is 0.829. The molecule has 2 atom stereocenters. The summed E-state index contributed by atoms with van der Waals surface area (Å²) >= 11 is 0. The molecule has 4 aliphatic rings. The van der Waals surface area contributed by atoms with Crippen LogP contribution in [-0.2, 0) is 12.8 Å². The Bertz CT molecular complexity index is 3060. The number of allylic oxidation sites excluding steroid dienone is 14. The topological polar surface area (TPSA) is 30.7 Å². The van der Waals surface area contributed by atoms with Gasteiger partial charge in [-0.2, -0.15) is 0 Å². The highest BCUT2D eigenvalue weighted by atomic mass is 15.0. The third-order valence-corrected chi connectivity index (χ3v) is 13.0. The van der Waals surface area contributed by atoms with Gasteiger partial charge in [0.15, 0.2) is 0 Å². The summed E-state index contributed by atoms with van der Waals surface area (Å²) in [5.74, 6) is 0.377. The van der Waals surface area contributed by atoms with Gasteiger partial charge >= 0.3 is 0 Å². The monoisotopic (exact) mass is 747 g/mol. The molecule has 2 unspecified atom stereocenters. The van der Waals surface area contributed by atoms with E-state index in [1.54, 1.807) is 0 Å². The van der Waals surface area contributed by atoms with Gasteiger partial charge in [0.1, 0.15) is 0 Å². The first-order valence-electron chi connectivity index (χ1n) is 20.9. The van der Waals surface area contributed by atoms with E-state index in [-0.39, 0.29) is 0 Å². The van der Waals surface area contributed by atoms with Gasteiger partial charge in [0.25, 0.3) is 0 Å². The molecule has 0 N–H and O–H groups in total.